The molecule has 0 unspecified atom stereocenters. The largest absolute Gasteiger partial charge is 0.494 e. The molecule has 3 aromatic rings. The molecule has 0 N–H and O–H groups in total. The summed E-state index contributed by atoms with van der Waals surface area (Å²) in [6.07, 6.45) is 5.05. The molecular formula is C24H32BNO2. The predicted octanol–water partition coefficient (Wildman–Crippen LogP) is 5.67. The lowest BCUT2D eigenvalue weighted by atomic mass is 9.79. The Bertz CT molecular complexity index is 973. The zero-order valence-electron chi connectivity index (χ0n) is 17.9. The van der Waals surface area contributed by atoms with Crippen molar-refractivity contribution in [3.05, 3.63) is 42.5 Å². The number of aromatic nitrogens is 1. The number of hydrogen-bond acceptors (Lipinski definition) is 2. The third kappa shape index (κ3) is 3.27. The monoisotopic (exact) mass is 377 g/mol. The summed E-state index contributed by atoms with van der Waals surface area (Å²) in [5, 5.41) is 2.64. The number of fused-ring (bicyclic) bond motifs is 3. The molecule has 0 saturated carbocycles. The molecule has 1 fully saturated rings. The quantitative estimate of drug-likeness (QED) is 0.408. The minimum absolute atomic E-state index is 0.319. The molecule has 148 valence electrons. The van der Waals surface area contributed by atoms with E-state index in [1.54, 1.807) is 0 Å². The average molecular weight is 377 g/mol. The van der Waals surface area contributed by atoms with E-state index in [0.29, 0.717) is 0 Å². The second kappa shape index (κ2) is 7.24. The van der Waals surface area contributed by atoms with E-state index in [9.17, 15) is 0 Å². The number of hydrogen-bond donors (Lipinski definition) is 0. The summed E-state index contributed by atoms with van der Waals surface area (Å²) in [6.45, 7) is 11.7. The number of unbranched alkanes of at least 4 members (excludes halogenated alkanes) is 3. The highest BCUT2D eigenvalue weighted by atomic mass is 16.7. The summed E-state index contributed by atoms with van der Waals surface area (Å²) in [5.41, 5.74) is 3.06. The van der Waals surface area contributed by atoms with Crippen molar-refractivity contribution in [3.8, 4) is 0 Å². The van der Waals surface area contributed by atoms with Gasteiger partial charge in [0.25, 0.3) is 0 Å². The van der Waals surface area contributed by atoms with E-state index < -0.39 is 0 Å². The second-order valence-corrected chi connectivity index (χ2v) is 9.09. The predicted molar refractivity (Wildman–Crippen MR) is 119 cm³/mol. The van der Waals surface area contributed by atoms with E-state index in [1.807, 2.05) is 0 Å². The molecule has 1 aliphatic heterocycles. The summed E-state index contributed by atoms with van der Waals surface area (Å²) in [4.78, 5) is 0. The Kier molecular flexibility index (Phi) is 5.05. The second-order valence-electron chi connectivity index (χ2n) is 9.09. The SMILES string of the molecule is CCCCCCn1c2ccccc2c2ccc(B3OC(C)(C)C(C)(C)O3)cc21. The van der Waals surface area contributed by atoms with Crippen molar-refractivity contribution in [1.29, 1.82) is 0 Å². The van der Waals surface area contributed by atoms with Crippen molar-refractivity contribution < 1.29 is 9.31 Å². The molecular weight excluding hydrogens is 345 g/mol. The lowest BCUT2D eigenvalue weighted by Gasteiger charge is -2.32. The van der Waals surface area contributed by atoms with Gasteiger partial charge in [-0.2, -0.15) is 0 Å². The number of nitrogens with zero attached hydrogens (tertiary/aromatic N) is 1. The van der Waals surface area contributed by atoms with Gasteiger partial charge in [0.2, 0.25) is 0 Å². The first-order chi connectivity index (χ1) is 13.3. The van der Waals surface area contributed by atoms with Crippen LogP contribution in [0.2, 0.25) is 0 Å². The van der Waals surface area contributed by atoms with Gasteiger partial charge in [-0.15, -0.1) is 0 Å². The number of rotatable bonds is 6. The Labute approximate surface area is 169 Å². The molecule has 0 bridgehead atoms. The maximum Gasteiger partial charge on any atom is 0.494 e. The van der Waals surface area contributed by atoms with Crippen LogP contribution in [0.25, 0.3) is 21.8 Å². The van der Waals surface area contributed by atoms with Gasteiger partial charge in [0.15, 0.2) is 0 Å². The van der Waals surface area contributed by atoms with E-state index in [-0.39, 0.29) is 18.3 Å². The Hall–Kier alpha value is -1.78. The highest BCUT2D eigenvalue weighted by molar-refractivity contribution is 6.62. The third-order valence-electron chi connectivity index (χ3n) is 6.56. The molecule has 4 rings (SSSR count). The van der Waals surface area contributed by atoms with E-state index in [4.69, 9.17) is 9.31 Å². The molecule has 0 spiro atoms. The van der Waals surface area contributed by atoms with Crippen molar-refractivity contribution in [3.63, 3.8) is 0 Å². The molecule has 28 heavy (non-hydrogen) atoms. The molecule has 0 amide bonds. The van der Waals surface area contributed by atoms with Crippen LogP contribution in [0.1, 0.15) is 60.3 Å². The molecule has 1 saturated heterocycles. The zero-order chi connectivity index (χ0) is 19.9. The molecule has 3 nitrogen and oxygen atoms in total. The van der Waals surface area contributed by atoms with Crippen LogP contribution < -0.4 is 5.46 Å². The molecule has 1 aliphatic rings. The molecule has 4 heteroatoms. The Balaban J connectivity index is 1.75. The molecule has 2 heterocycles. The van der Waals surface area contributed by atoms with E-state index in [1.165, 1.54) is 47.5 Å². The van der Waals surface area contributed by atoms with Crippen molar-refractivity contribution >= 4 is 34.4 Å². The maximum atomic E-state index is 6.29. The highest BCUT2D eigenvalue weighted by Crippen LogP contribution is 2.37. The first kappa shape index (κ1) is 19.5. The molecule has 0 atom stereocenters. The van der Waals surface area contributed by atoms with Crippen LogP contribution in [0, 0.1) is 0 Å². The number of para-hydroxylation sites is 1. The molecule has 0 radical (unpaired) electrons. The summed E-state index contributed by atoms with van der Waals surface area (Å²) >= 11 is 0. The van der Waals surface area contributed by atoms with Gasteiger partial charge in [0.1, 0.15) is 0 Å². The van der Waals surface area contributed by atoms with Gasteiger partial charge in [-0.3, -0.25) is 0 Å². The van der Waals surface area contributed by atoms with Crippen molar-refractivity contribution in [1.82, 2.24) is 4.57 Å². The Morgan fingerprint density at radius 2 is 1.50 bits per heavy atom. The lowest BCUT2D eigenvalue weighted by Crippen LogP contribution is -2.41. The number of benzene rings is 2. The first-order valence-corrected chi connectivity index (χ1v) is 10.7. The lowest BCUT2D eigenvalue weighted by molar-refractivity contribution is 0.00578. The fourth-order valence-electron chi connectivity index (χ4n) is 4.13. The van der Waals surface area contributed by atoms with Gasteiger partial charge < -0.3 is 13.9 Å². The van der Waals surface area contributed by atoms with Gasteiger partial charge in [0.05, 0.1) is 11.2 Å². The van der Waals surface area contributed by atoms with E-state index in [0.717, 1.165) is 12.0 Å². The summed E-state index contributed by atoms with van der Waals surface area (Å²) in [7, 11) is -0.319. The molecule has 2 aromatic carbocycles. The van der Waals surface area contributed by atoms with Crippen LogP contribution in [0.5, 0.6) is 0 Å². The zero-order valence-corrected chi connectivity index (χ0v) is 17.9. The van der Waals surface area contributed by atoms with Gasteiger partial charge in [-0.1, -0.05) is 56.5 Å². The van der Waals surface area contributed by atoms with Crippen molar-refractivity contribution in [2.24, 2.45) is 0 Å². The van der Waals surface area contributed by atoms with Crippen LogP contribution in [0.3, 0.4) is 0 Å². The molecule has 1 aromatic heterocycles. The minimum atomic E-state index is -0.320. The minimum Gasteiger partial charge on any atom is -0.399 e. The Morgan fingerprint density at radius 3 is 2.21 bits per heavy atom. The highest BCUT2D eigenvalue weighted by Gasteiger charge is 2.51. The number of aryl methyl sites for hydroxylation is 1. The van der Waals surface area contributed by atoms with E-state index in [2.05, 4.69) is 81.7 Å². The average Bonchev–Trinajstić information content (AvgIpc) is 3.09. The van der Waals surface area contributed by atoms with Gasteiger partial charge >= 0.3 is 7.12 Å². The summed E-state index contributed by atoms with van der Waals surface area (Å²) < 4.78 is 15.1. The Morgan fingerprint density at radius 1 is 0.821 bits per heavy atom. The van der Waals surface area contributed by atoms with Gasteiger partial charge in [-0.05, 0) is 51.7 Å². The third-order valence-corrected chi connectivity index (χ3v) is 6.56. The van der Waals surface area contributed by atoms with Crippen LogP contribution in [0.4, 0.5) is 0 Å². The van der Waals surface area contributed by atoms with Crippen molar-refractivity contribution in [2.75, 3.05) is 0 Å². The normalized spacial score (nSPS) is 18.4. The van der Waals surface area contributed by atoms with Crippen LogP contribution in [-0.4, -0.2) is 22.9 Å². The summed E-state index contributed by atoms with van der Waals surface area (Å²) in [6, 6.07) is 15.4. The van der Waals surface area contributed by atoms with Crippen LogP contribution in [-0.2, 0) is 15.9 Å². The molecule has 0 aliphatic carbocycles. The smallest absolute Gasteiger partial charge is 0.399 e. The van der Waals surface area contributed by atoms with Crippen LogP contribution in [0.15, 0.2) is 42.5 Å². The van der Waals surface area contributed by atoms with E-state index >= 15 is 0 Å². The van der Waals surface area contributed by atoms with Crippen molar-refractivity contribution in [2.45, 2.75) is 78.0 Å². The van der Waals surface area contributed by atoms with Crippen LogP contribution >= 0.6 is 0 Å². The van der Waals surface area contributed by atoms with Gasteiger partial charge in [-0.25, -0.2) is 0 Å². The maximum absolute atomic E-state index is 6.29. The fraction of sp³-hybridized carbons (Fsp3) is 0.500. The fourth-order valence-corrected chi connectivity index (χ4v) is 4.13. The topological polar surface area (TPSA) is 23.4 Å². The van der Waals surface area contributed by atoms with Gasteiger partial charge in [0, 0.05) is 28.4 Å². The first-order valence-electron chi connectivity index (χ1n) is 10.7. The summed E-state index contributed by atoms with van der Waals surface area (Å²) in [5.74, 6) is 0. The standard InChI is InChI=1S/C24H32BNO2/c1-6-7-8-11-16-26-21-13-10-9-12-19(21)20-15-14-18(17-22(20)26)25-27-23(2,3)24(4,5)28-25/h9-10,12-15,17H,6-8,11,16H2,1-5H3.